The van der Waals surface area contributed by atoms with Crippen LogP contribution in [0.5, 0.6) is 0 Å². The maximum absolute atomic E-state index is 2.46. The van der Waals surface area contributed by atoms with Crippen molar-refractivity contribution in [3.05, 3.63) is 318 Å². The van der Waals surface area contributed by atoms with Crippen LogP contribution in [0.1, 0.15) is 38.9 Å². The third-order valence-electron chi connectivity index (χ3n) is 14.5. The average Bonchev–Trinajstić information content (AvgIpc) is 3.94. The van der Waals surface area contributed by atoms with Crippen LogP contribution in [0.2, 0.25) is 0 Å². The molecule has 0 saturated heterocycles. The monoisotopic (exact) mass is 889 g/mol. The Morgan fingerprint density at radius 2 is 0.829 bits per heavy atom. The van der Waals surface area contributed by atoms with Gasteiger partial charge in [-0.1, -0.05) is 237 Å². The first-order valence-corrected chi connectivity index (χ1v) is 24.2. The van der Waals surface area contributed by atoms with Gasteiger partial charge in [0.05, 0.1) is 16.4 Å². The van der Waals surface area contributed by atoms with Crippen molar-refractivity contribution in [3.8, 4) is 50.2 Å². The van der Waals surface area contributed by atoms with Gasteiger partial charge in [-0.05, 0) is 138 Å². The highest BCUT2D eigenvalue weighted by Crippen LogP contribution is 2.56. The molecular formula is C69H47N. The summed E-state index contributed by atoms with van der Waals surface area (Å²) in [7, 11) is 0. The minimum atomic E-state index is -0.469. The van der Waals surface area contributed by atoms with Crippen molar-refractivity contribution in [1.82, 2.24) is 4.57 Å². The molecule has 1 aliphatic rings. The molecule has 0 unspecified atom stereocenters. The molecule has 70 heavy (non-hydrogen) atoms. The van der Waals surface area contributed by atoms with E-state index in [0.717, 1.165) is 11.3 Å². The summed E-state index contributed by atoms with van der Waals surface area (Å²) in [5.74, 6) is 0. The third-order valence-corrected chi connectivity index (χ3v) is 14.5. The van der Waals surface area contributed by atoms with Crippen molar-refractivity contribution in [3.63, 3.8) is 0 Å². The molecule has 0 radical (unpaired) electrons. The number of nitrogens with zero attached hydrogens (tertiary/aromatic N) is 1. The first-order chi connectivity index (χ1) is 34.7. The van der Waals surface area contributed by atoms with Crippen LogP contribution in [0.25, 0.3) is 83.6 Å². The van der Waals surface area contributed by atoms with Crippen molar-refractivity contribution >= 4 is 33.5 Å². The second-order valence-corrected chi connectivity index (χ2v) is 18.4. The third kappa shape index (κ3) is 6.94. The second-order valence-electron chi connectivity index (χ2n) is 18.4. The second kappa shape index (κ2) is 17.2. The quantitative estimate of drug-likeness (QED) is 0.127. The molecule has 12 aromatic rings. The van der Waals surface area contributed by atoms with Crippen molar-refractivity contribution in [2.75, 3.05) is 0 Å². The lowest BCUT2D eigenvalue weighted by Gasteiger charge is -2.34. The highest BCUT2D eigenvalue weighted by Gasteiger charge is 2.46. The lowest BCUT2D eigenvalue weighted by molar-refractivity contribution is 0.768. The van der Waals surface area contributed by atoms with E-state index in [9.17, 15) is 0 Å². The predicted molar refractivity (Wildman–Crippen MR) is 294 cm³/mol. The fourth-order valence-electron chi connectivity index (χ4n) is 11.2. The van der Waals surface area contributed by atoms with E-state index in [1.165, 1.54) is 105 Å². The largest absolute Gasteiger partial charge is 0.309 e. The smallest absolute Gasteiger partial charge is 0.0713 e. The topological polar surface area (TPSA) is 4.93 Å². The molecule has 1 aromatic heterocycles. The molecular weight excluding hydrogens is 843 g/mol. The fourth-order valence-corrected chi connectivity index (χ4v) is 11.2. The fraction of sp³-hybridized carbons (Fsp3) is 0.0145. The van der Waals surface area contributed by atoms with Crippen molar-refractivity contribution in [1.29, 1.82) is 0 Å². The molecule has 1 aliphatic carbocycles. The van der Waals surface area contributed by atoms with Gasteiger partial charge in [0.15, 0.2) is 0 Å². The minimum absolute atomic E-state index is 0.469. The van der Waals surface area contributed by atoms with Gasteiger partial charge in [-0.25, -0.2) is 0 Å². The van der Waals surface area contributed by atoms with E-state index in [4.69, 9.17) is 0 Å². The van der Waals surface area contributed by atoms with Gasteiger partial charge in [-0.2, -0.15) is 0 Å². The summed E-state index contributed by atoms with van der Waals surface area (Å²) in [5, 5.41) is 2.49. The van der Waals surface area contributed by atoms with Gasteiger partial charge in [0.25, 0.3) is 0 Å². The van der Waals surface area contributed by atoms with Crippen LogP contribution in [0.3, 0.4) is 0 Å². The Morgan fingerprint density at radius 3 is 1.56 bits per heavy atom. The van der Waals surface area contributed by atoms with Crippen LogP contribution in [-0.4, -0.2) is 4.57 Å². The number of rotatable bonds is 9. The molecule has 0 bridgehead atoms. The Morgan fingerprint density at radius 1 is 0.314 bits per heavy atom. The van der Waals surface area contributed by atoms with Gasteiger partial charge in [0, 0.05) is 16.5 Å². The van der Waals surface area contributed by atoms with Crippen LogP contribution < -0.4 is 0 Å². The molecule has 0 fully saturated rings. The zero-order chi connectivity index (χ0) is 46.4. The van der Waals surface area contributed by atoms with Gasteiger partial charge in [-0.15, -0.1) is 0 Å². The number of para-hydroxylation sites is 1. The molecule has 0 saturated carbocycles. The Balaban J connectivity index is 0.857. The Bertz CT molecular complexity index is 3840. The molecule has 0 N–H and O–H groups in total. The molecule has 11 aromatic carbocycles. The van der Waals surface area contributed by atoms with E-state index < -0.39 is 5.41 Å². The number of hydrogen-bond donors (Lipinski definition) is 0. The summed E-state index contributed by atoms with van der Waals surface area (Å²) in [6.07, 6.45) is 2.36. The van der Waals surface area contributed by atoms with Crippen LogP contribution in [0, 0.1) is 0 Å². The normalized spacial score (nSPS) is 12.8. The summed E-state index contributed by atoms with van der Waals surface area (Å²) in [5.41, 5.74) is 22.7. The van der Waals surface area contributed by atoms with Crippen LogP contribution >= 0.6 is 0 Å². The van der Waals surface area contributed by atoms with Crippen molar-refractivity contribution < 1.29 is 0 Å². The number of hydrogen-bond acceptors (Lipinski definition) is 0. The van der Waals surface area contributed by atoms with E-state index in [0.29, 0.717) is 0 Å². The summed E-state index contributed by atoms with van der Waals surface area (Å²) < 4.78 is 2.39. The highest BCUT2D eigenvalue weighted by atomic mass is 15.0. The standard InChI is InChI=1S/C69H47N/c1-5-18-49(19-6-1)50-36-40-59(41-37-50)70-67-31-16-14-29-62(67)64-46-55(39-43-68(64)70)54-23-17-22-53(45-54)51-34-32-48(33-35-51)44-63(52-20-7-2-8-21-52)56-38-42-61-60-28-13-15-30-65(60)69(66(61)47-56,57-24-9-3-10-25-57)58-26-11-4-12-27-58/h1-47H. The van der Waals surface area contributed by atoms with Gasteiger partial charge < -0.3 is 4.57 Å². The summed E-state index contributed by atoms with van der Waals surface area (Å²) >= 11 is 0. The molecule has 0 aliphatic heterocycles. The first kappa shape index (κ1) is 41.2. The highest BCUT2D eigenvalue weighted by molar-refractivity contribution is 6.10. The van der Waals surface area contributed by atoms with E-state index in [1.807, 2.05) is 0 Å². The number of aromatic nitrogens is 1. The Hall–Kier alpha value is -9.04. The van der Waals surface area contributed by atoms with E-state index >= 15 is 0 Å². The van der Waals surface area contributed by atoms with Crippen LogP contribution in [0.4, 0.5) is 0 Å². The van der Waals surface area contributed by atoms with E-state index in [-0.39, 0.29) is 0 Å². The molecule has 1 heteroatoms. The van der Waals surface area contributed by atoms with Gasteiger partial charge in [0.2, 0.25) is 0 Å². The molecule has 0 atom stereocenters. The van der Waals surface area contributed by atoms with Gasteiger partial charge in [0.1, 0.15) is 0 Å². The molecule has 0 amide bonds. The van der Waals surface area contributed by atoms with Crippen LogP contribution in [-0.2, 0) is 5.41 Å². The maximum Gasteiger partial charge on any atom is 0.0713 e. The minimum Gasteiger partial charge on any atom is -0.309 e. The van der Waals surface area contributed by atoms with Crippen LogP contribution in [0.15, 0.2) is 279 Å². The van der Waals surface area contributed by atoms with Crippen molar-refractivity contribution in [2.45, 2.75) is 5.41 Å². The number of fused-ring (bicyclic) bond motifs is 6. The molecule has 1 heterocycles. The Labute approximate surface area is 409 Å². The molecule has 328 valence electrons. The van der Waals surface area contributed by atoms with E-state index in [2.05, 4.69) is 290 Å². The first-order valence-electron chi connectivity index (χ1n) is 24.2. The SMILES string of the molecule is C(=C(c1ccccc1)c1ccc2c(c1)C(c1ccccc1)(c1ccccc1)c1ccccc1-2)c1ccc(-c2cccc(-c3ccc4c(c3)c3ccccc3n4-c3ccc(-c4ccccc4)cc3)c2)cc1. The summed E-state index contributed by atoms with van der Waals surface area (Å²) in [6.45, 7) is 0. The molecule has 0 spiro atoms. The van der Waals surface area contributed by atoms with Crippen molar-refractivity contribution in [2.24, 2.45) is 0 Å². The van der Waals surface area contributed by atoms with Gasteiger partial charge in [-0.3, -0.25) is 0 Å². The molecule has 1 nitrogen and oxygen atoms in total. The summed E-state index contributed by atoms with van der Waals surface area (Å²) in [6, 6.07) is 102. The Kier molecular flexibility index (Phi) is 10.1. The predicted octanol–water partition coefficient (Wildman–Crippen LogP) is 17.7. The maximum atomic E-state index is 2.46. The number of benzene rings is 11. The zero-order valence-electron chi connectivity index (χ0n) is 38.6. The lowest BCUT2D eigenvalue weighted by atomic mass is 9.67. The van der Waals surface area contributed by atoms with E-state index in [1.54, 1.807) is 0 Å². The summed E-state index contributed by atoms with van der Waals surface area (Å²) in [4.78, 5) is 0. The average molecular weight is 890 g/mol. The zero-order valence-corrected chi connectivity index (χ0v) is 38.6. The lowest BCUT2D eigenvalue weighted by Crippen LogP contribution is -2.28. The molecule has 13 rings (SSSR count). The van der Waals surface area contributed by atoms with Gasteiger partial charge >= 0.3 is 0 Å².